The molecule has 0 unspecified atom stereocenters. The van der Waals surface area contributed by atoms with Crippen molar-refractivity contribution in [1.82, 2.24) is 0 Å². The standard InChI is InChI=1S/C13H18F3IO4SSi/c1-12(2,3)23(4,5)21-10-8-6-7-9(11(10)17)20-22(18,19)13(14,15)16/h6-8H,1-5H3. The van der Waals surface area contributed by atoms with Crippen molar-refractivity contribution in [2.75, 3.05) is 0 Å². The van der Waals surface area contributed by atoms with Gasteiger partial charge in [0, 0.05) is 0 Å². The van der Waals surface area contributed by atoms with Gasteiger partial charge < -0.3 is 8.61 Å². The third-order valence-electron chi connectivity index (χ3n) is 3.58. The van der Waals surface area contributed by atoms with Crippen LogP contribution in [0.25, 0.3) is 0 Å². The molecule has 0 aromatic heterocycles. The third-order valence-corrected chi connectivity index (χ3v) is 9.95. The molecule has 0 N–H and O–H groups in total. The zero-order valence-electron chi connectivity index (χ0n) is 13.3. The van der Waals surface area contributed by atoms with Gasteiger partial charge in [0.05, 0.1) is 3.57 Å². The summed E-state index contributed by atoms with van der Waals surface area (Å²) < 4.78 is 70.0. The van der Waals surface area contributed by atoms with Gasteiger partial charge >= 0.3 is 15.6 Å². The van der Waals surface area contributed by atoms with Crippen LogP contribution >= 0.6 is 22.6 Å². The summed E-state index contributed by atoms with van der Waals surface area (Å²) in [7, 11) is -7.94. The first-order chi connectivity index (χ1) is 10.1. The van der Waals surface area contributed by atoms with Crippen molar-refractivity contribution in [1.29, 1.82) is 0 Å². The van der Waals surface area contributed by atoms with E-state index in [2.05, 4.69) is 4.18 Å². The molecule has 0 heterocycles. The Morgan fingerprint density at radius 1 is 1.09 bits per heavy atom. The molecule has 0 aliphatic carbocycles. The molecule has 0 aliphatic rings. The summed E-state index contributed by atoms with van der Waals surface area (Å²) >= 11 is 1.72. The minimum absolute atomic E-state index is 0.120. The molecule has 0 spiro atoms. The fourth-order valence-electron chi connectivity index (χ4n) is 1.23. The van der Waals surface area contributed by atoms with Crippen molar-refractivity contribution in [3.63, 3.8) is 0 Å². The molecule has 4 nitrogen and oxygen atoms in total. The number of benzene rings is 1. The summed E-state index contributed by atoms with van der Waals surface area (Å²) in [6.45, 7) is 9.99. The largest absolute Gasteiger partial charge is 0.543 e. The second-order valence-electron chi connectivity index (χ2n) is 6.41. The molecule has 132 valence electrons. The minimum Gasteiger partial charge on any atom is -0.543 e. The molecule has 23 heavy (non-hydrogen) atoms. The zero-order valence-corrected chi connectivity index (χ0v) is 17.3. The fraction of sp³-hybridized carbons (Fsp3) is 0.538. The van der Waals surface area contributed by atoms with E-state index in [0.29, 0.717) is 5.75 Å². The van der Waals surface area contributed by atoms with Crippen LogP contribution in [0.1, 0.15) is 20.8 Å². The van der Waals surface area contributed by atoms with Gasteiger partial charge in [-0.1, -0.05) is 26.8 Å². The maximum atomic E-state index is 12.4. The summed E-state index contributed by atoms with van der Waals surface area (Å²) in [5, 5.41) is -0.120. The topological polar surface area (TPSA) is 52.6 Å². The molecule has 0 saturated carbocycles. The van der Waals surface area contributed by atoms with Crippen LogP contribution in [0.5, 0.6) is 11.5 Å². The highest BCUT2D eigenvalue weighted by molar-refractivity contribution is 14.1. The van der Waals surface area contributed by atoms with E-state index in [1.807, 2.05) is 33.9 Å². The summed E-state index contributed by atoms with van der Waals surface area (Å²) in [5.74, 6) is -0.0915. The van der Waals surface area contributed by atoms with E-state index in [0.717, 1.165) is 6.07 Å². The van der Waals surface area contributed by atoms with Crippen molar-refractivity contribution in [3.8, 4) is 11.5 Å². The van der Waals surface area contributed by atoms with Gasteiger partial charge in [-0.15, -0.1) is 0 Å². The Hall–Kier alpha value is -0.493. The monoisotopic (exact) mass is 482 g/mol. The van der Waals surface area contributed by atoms with Crippen LogP contribution in [0.4, 0.5) is 13.2 Å². The van der Waals surface area contributed by atoms with Crippen molar-refractivity contribution in [3.05, 3.63) is 21.8 Å². The number of alkyl halides is 3. The molecule has 0 bridgehead atoms. The van der Waals surface area contributed by atoms with E-state index in [-0.39, 0.29) is 8.61 Å². The maximum absolute atomic E-state index is 12.4. The van der Waals surface area contributed by atoms with E-state index in [9.17, 15) is 21.6 Å². The molecule has 0 saturated heterocycles. The molecule has 1 rings (SSSR count). The van der Waals surface area contributed by atoms with Crippen LogP contribution in [-0.4, -0.2) is 22.2 Å². The Bertz CT molecular complexity index is 681. The number of hydrogen-bond acceptors (Lipinski definition) is 4. The Labute approximate surface area is 148 Å². The Balaban J connectivity index is 3.19. The predicted molar refractivity (Wildman–Crippen MR) is 92.6 cm³/mol. The van der Waals surface area contributed by atoms with Gasteiger partial charge in [0.15, 0.2) is 5.75 Å². The average Bonchev–Trinajstić information content (AvgIpc) is 2.31. The Morgan fingerprint density at radius 2 is 1.57 bits per heavy atom. The summed E-state index contributed by atoms with van der Waals surface area (Å²) in [5.41, 5.74) is -5.48. The van der Waals surface area contributed by atoms with Gasteiger partial charge in [-0.3, -0.25) is 0 Å². The first-order valence-electron chi connectivity index (χ1n) is 6.57. The first-order valence-corrected chi connectivity index (χ1v) is 12.0. The van der Waals surface area contributed by atoms with E-state index < -0.39 is 29.7 Å². The van der Waals surface area contributed by atoms with Gasteiger partial charge in [-0.2, -0.15) is 21.6 Å². The third kappa shape index (κ3) is 4.75. The van der Waals surface area contributed by atoms with Gasteiger partial charge in [-0.05, 0) is 52.9 Å². The lowest BCUT2D eigenvalue weighted by Crippen LogP contribution is -2.44. The van der Waals surface area contributed by atoms with Crippen LogP contribution in [0, 0.1) is 3.57 Å². The van der Waals surface area contributed by atoms with Crippen molar-refractivity contribution in [2.24, 2.45) is 0 Å². The fourth-order valence-corrected chi connectivity index (χ4v) is 3.66. The average molecular weight is 482 g/mol. The van der Waals surface area contributed by atoms with Gasteiger partial charge in [0.2, 0.25) is 0 Å². The van der Waals surface area contributed by atoms with Gasteiger partial charge in [-0.25, -0.2) is 0 Å². The molecule has 0 radical (unpaired) electrons. The van der Waals surface area contributed by atoms with E-state index in [1.54, 1.807) is 28.7 Å². The minimum atomic E-state index is -5.71. The SMILES string of the molecule is CC(C)(C)[Si](C)(C)Oc1cccc(OS(=O)(=O)C(F)(F)F)c1I. The van der Waals surface area contributed by atoms with E-state index in [4.69, 9.17) is 4.43 Å². The molecular formula is C13H18F3IO4SSi. The second-order valence-corrected chi connectivity index (χ2v) is 13.8. The molecule has 10 heteroatoms. The lowest BCUT2D eigenvalue weighted by atomic mass is 10.2. The van der Waals surface area contributed by atoms with Crippen LogP contribution in [0.15, 0.2) is 18.2 Å². The summed E-state index contributed by atoms with van der Waals surface area (Å²) in [6.07, 6.45) is 0. The van der Waals surface area contributed by atoms with Crippen molar-refractivity contribution >= 4 is 41.0 Å². The van der Waals surface area contributed by atoms with Crippen LogP contribution < -0.4 is 8.61 Å². The molecule has 0 fully saturated rings. The molecular weight excluding hydrogens is 464 g/mol. The van der Waals surface area contributed by atoms with Crippen molar-refractivity contribution in [2.45, 2.75) is 44.4 Å². The van der Waals surface area contributed by atoms with Gasteiger partial charge in [0.1, 0.15) is 5.75 Å². The van der Waals surface area contributed by atoms with Crippen LogP contribution in [0.2, 0.25) is 18.1 Å². The van der Waals surface area contributed by atoms with Crippen LogP contribution in [-0.2, 0) is 10.1 Å². The number of halogens is 4. The number of hydrogen-bond donors (Lipinski definition) is 0. The zero-order chi connectivity index (χ0) is 18.3. The highest BCUT2D eigenvalue weighted by Gasteiger charge is 2.49. The number of rotatable bonds is 4. The lowest BCUT2D eigenvalue weighted by Gasteiger charge is -2.36. The second kappa shape index (κ2) is 6.43. The van der Waals surface area contributed by atoms with Crippen LogP contribution in [0.3, 0.4) is 0 Å². The summed E-state index contributed by atoms with van der Waals surface area (Å²) in [4.78, 5) is 0. The first kappa shape index (κ1) is 20.6. The van der Waals surface area contributed by atoms with Crippen molar-refractivity contribution < 1.29 is 30.2 Å². The molecule has 0 amide bonds. The normalized spacial score (nSPS) is 13.8. The Kier molecular flexibility index (Phi) is 5.74. The highest BCUT2D eigenvalue weighted by atomic mass is 127. The summed E-state index contributed by atoms with van der Waals surface area (Å²) in [6, 6.07) is 4.13. The Morgan fingerprint density at radius 3 is 2.00 bits per heavy atom. The smallest absolute Gasteiger partial charge is 0.534 e. The van der Waals surface area contributed by atoms with E-state index in [1.165, 1.54) is 6.07 Å². The molecule has 0 aliphatic heterocycles. The van der Waals surface area contributed by atoms with E-state index >= 15 is 0 Å². The quantitative estimate of drug-likeness (QED) is 0.265. The molecule has 1 aromatic rings. The predicted octanol–water partition coefficient (Wildman–Crippen LogP) is 4.90. The molecule has 1 aromatic carbocycles. The molecule has 0 atom stereocenters. The van der Waals surface area contributed by atoms with Gasteiger partial charge in [0.25, 0.3) is 8.32 Å². The highest BCUT2D eigenvalue weighted by Crippen LogP contribution is 2.40. The maximum Gasteiger partial charge on any atom is 0.534 e. The lowest BCUT2D eigenvalue weighted by molar-refractivity contribution is -0.0500.